The van der Waals surface area contributed by atoms with Crippen LogP contribution in [0.5, 0.6) is 11.5 Å². The highest BCUT2D eigenvalue weighted by molar-refractivity contribution is 5.96. The molecule has 3 N–H and O–H groups in total. The highest BCUT2D eigenvalue weighted by Gasteiger charge is 2.29. The van der Waals surface area contributed by atoms with Crippen LogP contribution in [0.2, 0.25) is 0 Å². The van der Waals surface area contributed by atoms with E-state index in [0.717, 1.165) is 18.4 Å². The molecule has 1 aliphatic rings. The minimum atomic E-state index is -0.206. The normalized spacial score (nSPS) is 16.0. The summed E-state index contributed by atoms with van der Waals surface area (Å²) < 4.78 is 10.8. The highest BCUT2D eigenvalue weighted by Crippen LogP contribution is 2.34. The SMILES string of the molecule is C=CCc1cc(C(=O)N2CCCC(C(=O)NCCN)C2)cc(OC)c1OC.Cl. The lowest BCUT2D eigenvalue weighted by Gasteiger charge is -2.32. The molecule has 7 nitrogen and oxygen atoms in total. The zero-order valence-corrected chi connectivity index (χ0v) is 17.3. The van der Waals surface area contributed by atoms with Crippen LogP contribution in [0.4, 0.5) is 0 Å². The van der Waals surface area contributed by atoms with Crippen LogP contribution in [-0.2, 0) is 11.2 Å². The molecular formula is C20H30ClN3O4. The predicted molar refractivity (Wildman–Crippen MR) is 111 cm³/mol. The van der Waals surface area contributed by atoms with E-state index < -0.39 is 0 Å². The third-order valence-corrected chi connectivity index (χ3v) is 4.69. The summed E-state index contributed by atoms with van der Waals surface area (Å²) in [5.41, 5.74) is 6.80. The minimum Gasteiger partial charge on any atom is -0.493 e. The first kappa shape index (κ1) is 23.8. The molecule has 156 valence electrons. The van der Waals surface area contributed by atoms with Gasteiger partial charge in [-0.15, -0.1) is 19.0 Å². The van der Waals surface area contributed by atoms with E-state index in [1.54, 1.807) is 31.3 Å². The molecule has 2 rings (SSSR count). The summed E-state index contributed by atoms with van der Waals surface area (Å²) in [5, 5.41) is 2.81. The molecule has 0 radical (unpaired) electrons. The van der Waals surface area contributed by atoms with Gasteiger partial charge in [-0.25, -0.2) is 0 Å². The van der Waals surface area contributed by atoms with Crippen LogP contribution < -0.4 is 20.5 Å². The summed E-state index contributed by atoms with van der Waals surface area (Å²) in [6.45, 7) is 5.64. The first-order chi connectivity index (χ1) is 13.0. The maximum absolute atomic E-state index is 13.1. The lowest BCUT2D eigenvalue weighted by atomic mass is 9.96. The van der Waals surface area contributed by atoms with Crippen LogP contribution in [0.15, 0.2) is 24.8 Å². The van der Waals surface area contributed by atoms with E-state index in [1.807, 2.05) is 6.07 Å². The molecule has 1 heterocycles. The Bertz CT molecular complexity index is 696. The fourth-order valence-corrected chi connectivity index (χ4v) is 3.37. The quantitative estimate of drug-likeness (QED) is 0.636. The molecule has 1 aliphatic heterocycles. The van der Waals surface area contributed by atoms with Crippen molar-refractivity contribution in [3.8, 4) is 11.5 Å². The van der Waals surface area contributed by atoms with E-state index in [-0.39, 0.29) is 30.1 Å². The summed E-state index contributed by atoms with van der Waals surface area (Å²) in [6.07, 6.45) is 3.88. The van der Waals surface area contributed by atoms with Gasteiger partial charge >= 0.3 is 0 Å². The van der Waals surface area contributed by atoms with Crippen LogP contribution in [0.3, 0.4) is 0 Å². The summed E-state index contributed by atoms with van der Waals surface area (Å²) in [4.78, 5) is 27.0. The lowest BCUT2D eigenvalue weighted by Crippen LogP contribution is -2.46. The molecule has 28 heavy (non-hydrogen) atoms. The number of nitrogens with one attached hydrogen (secondary N) is 1. The second kappa shape index (κ2) is 11.6. The van der Waals surface area contributed by atoms with E-state index in [1.165, 1.54) is 0 Å². The van der Waals surface area contributed by atoms with E-state index in [2.05, 4.69) is 11.9 Å². The second-order valence-corrected chi connectivity index (χ2v) is 6.53. The summed E-state index contributed by atoms with van der Waals surface area (Å²) in [5.74, 6) is 0.748. The van der Waals surface area contributed by atoms with Crippen LogP contribution >= 0.6 is 12.4 Å². The number of carbonyl (C=O) groups excluding carboxylic acids is 2. The molecule has 0 aromatic heterocycles. The Kier molecular flexibility index (Phi) is 9.82. The van der Waals surface area contributed by atoms with Crippen molar-refractivity contribution in [2.24, 2.45) is 11.7 Å². The number of carbonyl (C=O) groups is 2. The number of halogens is 1. The second-order valence-electron chi connectivity index (χ2n) is 6.53. The fourth-order valence-electron chi connectivity index (χ4n) is 3.37. The summed E-state index contributed by atoms with van der Waals surface area (Å²) in [6, 6.07) is 3.50. The number of nitrogens with zero attached hydrogens (tertiary/aromatic N) is 1. The molecule has 1 atom stereocenters. The number of hydrogen-bond donors (Lipinski definition) is 2. The maximum Gasteiger partial charge on any atom is 0.254 e. The first-order valence-corrected chi connectivity index (χ1v) is 9.18. The molecule has 2 amide bonds. The number of benzene rings is 1. The Morgan fingerprint density at radius 2 is 2.11 bits per heavy atom. The van der Waals surface area contributed by atoms with Gasteiger partial charge in [0.15, 0.2) is 11.5 Å². The number of likely N-dealkylation sites (tertiary alicyclic amines) is 1. The smallest absolute Gasteiger partial charge is 0.254 e. The van der Waals surface area contributed by atoms with Crippen molar-refractivity contribution >= 4 is 24.2 Å². The van der Waals surface area contributed by atoms with Gasteiger partial charge in [0, 0.05) is 37.3 Å². The third kappa shape index (κ3) is 5.62. The van der Waals surface area contributed by atoms with Crippen molar-refractivity contribution in [3.63, 3.8) is 0 Å². The van der Waals surface area contributed by atoms with Crippen LogP contribution in [0.25, 0.3) is 0 Å². The predicted octanol–water partition coefficient (Wildman–Crippen LogP) is 1.78. The summed E-state index contributed by atoms with van der Waals surface area (Å²) >= 11 is 0. The highest BCUT2D eigenvalue weighted by atomic mass is 35.5. The van der Waals surface area contributed by atoms with Gasteiger partial charge in [0.25, 0.3) is 5.91 Å². The van der Waals surface area contributed by atoms with Crippen molar-refractivity contribution in [1.29, 1.82) is 0 Å². The molecule has 1 fully saturated rings. The standard InChI is InChI=1S/C20H29N3O4.ClH/c1-4-6-14-11-16(12-17(26-2)18(14)27-3)20(25)23-10-5-7-15(13-23)19(24)22-9-8-21;/h4,11-12,15H,1,5-10,13,21H2,2-3H3,(H,22,24);1H. The number of nitrogens with two attached hydrogens (primary N) is 1. The number of piperidine rings is 1. The fraction of sp³-hybridized carbons (Fsp3) is 0.500. The molecule has 1 unspecified atom stereocenters. The van der Waals surface area contributed by atoms with Gasteiger partial charge in [0.1, 0.15) is 0 Å². The first-order valence-electron chi connectivity index (χ1n) is 9.18. The van der Waals surface area contributed by atoms with Crippen LogP contribution in [0, 0.1) is 5.92 Å². The minimum absolute atomic E-state index is 0. The number of methoxy groups -OCH3 is 2. The maximum atomic E-state index is 13.1. The van der Waals surface area contributed by atoms with E-state index in [9.17, 15) is 9.59 Å². The number of rotatable bonds is 8. The van der Waals surface area contributed by atoms with Gasteiger partial charge in [-0.1, -0.05) is 6.08 Å². The Morgan fingerprint density at radius 3 is 2.71 bits per heavy atom. The Morgan fingerprint density at radius 1 is 1.36 bits per heavy atom. The molecule has 0 spiro atoms. The van der Waals surface area contributed by atoms with Gasteiger partial charge in [-0.3, -0.25) is 9.59 Å². The van der Waals surface area contributed by atoms with Gasteiger partial charge in [-0.05, 0) is 31.4 Å². The monoisotopic (exact) mass is 411 g/mol. The van der Waals surface area contributed by atoms with Crippen molar-refractivity contribution in [3.05, 3.63) is 35.9 Å². The molecule has 1 aromatic carbocycles. The Hall–Kier alpha value is -2.25. The number of ether oxygens (including phenoxy) is 2. The summed E-state index contributed by atoms with van der Waals surface area (Å²) in [7, 11) is 3.11. The lowest BCUT2D eigenvalue weighted by molar-refractivity contribution is -0.126. The topological polar surface area (TPSA) is 93.9 Å². The molecule has 0 saturated carbocycles. The number of allylic oxidation sites excluding steroid dienone is 1. The van der Waals surface area contributed by atoms with Gasteiger partial charge in [-0.2, -0.15) is 0 Å². The van der Waals surface area contributed by atoms with Crippen molar-refractivity contribution in [1.82, 2.24) is 10.2 Å². The van der Waals surface area contributed by atoms with E-state index >= 15 is 0 Å². The third-order valence-electron chi connectivity index (χ3n) is 4.69. The van der Waals surface area contributed by atoms with E-state index in [0.29, 0.717) is 49.7 Å². The average molecular weight is 412 g/mol. The number of hydrogen-bond acceptors (Lipinski definition) is 5. The zero-order chi connectivity index (χ0) is 19.8. The largest absolute Gasteiger partial charge is 0.493 e. The molecular weight excluding hydrogens is 382 g/mol. The Labute approximate surface area is 172 Å². The molecule has 0 bridgehead atoms. The zero-order valence-electron chi connectivity index (χ0n) is 16.5. The molecule has 8 heteroatoms. The average Bonchev–Trinajstić information content (AvgIpc) is 2.71. The van der Waals surface area contributed by atoms with Crippen LogP contribution in [0.1, 0.15) is 28.8 Å². The van der Waals surface area contributed by atoms with Crippen molar-refractivity contribution in [2.75, 3.05) is 40.4 Å². The molecule has 0 aliphatic carbocycles. The van der Waals surface area contributed by atoms with Crippen molar-refractivity contribution < 1.29 is 19.1 Å². The van der Waals surface area contributed by atoms with Gasteiger partial charge < -0.3 is 25.4 Å². The van der Waals surface area contributed by atoms with Gasteiger partial charge in [0.2, 0.25) is 5.91 Å². The van der Waals surface area contributed by atoms with Crippen LogP contribution in [-0.4, -0.2) is 57.1 Å². The van der Waals surface area contributed by atoms with Gasteiger partial charge in [0.05, 0.1) is 20.1 Å². The Balaban J connectivity index is 0.00000392. The van der Waals surface area contributed by atoms with Crippen molar-refractivity contribution in [2.45, 2.75) is 19.3 Å². The molecule has 1 aromatic rings. The number of amides is 2. The van der Waals surface area contributed by atoms with E-state index in [4.69, 9.17) is 15.2 Å². The molecule has 1 saturated heterocycles.